The first-order chi connectivity index (χ1) is 6.67. The number of rotatable bonds is 3. The zero-order chi connectivity index (χ0) is 10.2. The number of likely N-dealkylation sites (N-methyl/N-ethyl adjacent to an activating group) is 1. The van der Waals surface area contributed by atoms with Gasteiger partial charge in [-0.1, -0.05) is 19.3 Å². The van der Waals surface area contributed by atoms with Gasteiger partial charge in [0.1, 0.15) is 5.54 Å². The zero-order valence-corrected chi connectivity index (χ0v) is 8.83. The Kier molecular flexibility index (Phi) is 2.52. The van der Waals surface area contributed by atoms with Crippen LogP contribution in [-0.4, -0.2) is 34.6 Å². The summed E-state index contributed by atoms with van der Waals surface area (Å²) in [6, 6.07) is 0.546. The lowest BCUT2D eigenvalue weighted by molar-refractivity contribution is -0.153. The van der Waals surface area contributed by atoms with Crippen LogP contribution >= 0.6 is 0 Å². The van der Waals surface area contributed by atoms with Crippen LogP contribution in [0.1, 0.15) is 44.9 Å². The molecular formula is C11H19NO2. The average molecular weight is 197 g/mol. The molecule has 0 amide bonds. The molecule has 0 heterocycles. The third kappa shape index (κ3) is 1.54. The SMILES string of the molecule is CN(C1CC1)C1(C(=O)O)CCCCC1. The van der Waals surface area contributed by atoms with E-state index in [0.29, 0.717) is 6.04 Å². The summed E-state index contributed by atoms with van der Waals surface area (Å²) in [7, 11) is 2.00. The summed E-state index contributed by atoms with van der Waals surface area (Å²) < 4.78 is 0. The van der Waals surface area contributed by atoms with Crippen LogP contribution in [0.2, 0.25) is 0 Å². The van der Waals surface area contributed by atoms with Crippen LogP contribution in [0, 0.1) is 0 Å². The van der Waals surface area contributed by atoms with Gasteiger partial charge < -0.3 is 5.11 Å². The maximum Gasteiger partial charge on any atom is 0.324 e. The standard InChI is InChI=1S/C11H19NO2/c1-12(9-5-6-9)11(10(13)14)7-3-2-4-8-11/h9H,2-8H2,1H3,(H,13,14). The lowest BCUT2D eigenvalue weighted by Gasteiger charge is -2.41. The number of hydrogen-bond acceptors (Lipinski definition) is 2. The van der Waals surface area contributed by atoms with Crippen molar-refractivity contribution in [1.82, 2.24) is 4.90 Å². The number of nitrogens with zero attached hydrogens (tertiary/aromatic N) is 1. The fraction of sp³-hybridized carbons (Fsp3) is 0.909. The van der Waals surface area contributed by atoms with Crippen molar-refractivity contribution in [2.75, 3.05) is 7.05 Å². The van der Waals surface area contributed by atoms with E-state index in [1.165, 1.54) is 19.3 Å². The molecule has 2 aliphatic carbocycles. The van der Waals surface area contributed by atoms with Crippen molar-refractivity contribution in [3.8, 4) is 0 Å². The zero-order valence-electron chi connectivity index (χ0n) is 8.83. The van der Waals surface area contributed by atoms with Crippen molar-refractivity contribution in [2.24, 2.45) is 0 Å². The molecule has 2 aliphatic rings. The van der Waals surface area contributed by atoms with Crippen molar-refractivity contribution in [3.05, 3.63) is 0 Å². The molecule has 0 aromatic carbocycles. The van der Waals surface area contributed by atoms with Gasteiger partial charge in [0.25, 0.3) is 0 Å². The molecule has 1 N–H and O–H groups in total. The molecule has 3 nitrogen and oxygen atoms in total. The van der Waals surface area contributed by atoms with Gasteiger partial charge in [0.05, 0.1) is 0 Å². The van der Waals surface area contributed by atoms with E-state index in [4.69, 9.17) is 0 Å². The first-order valence-corrected chi connectivity index (χ1v) is 5.63. The minimum atomic E-state index is -0.605. The molecule has 0 unspecified atom stereocenters. The second-order valence-corrected chi connectivity index (χ2v) is 4.74. The second-order valence-electron chi connectivity index (χ2n) is 4.74. The molecule has 2 saturated carbocycles. The quantitative estimate of drug-likeness (QED) is 0.750. The summed E-state index contributed by atoms with van der Waals surface area (Å²) in [6.45, 7) is 0. The molecule has 0 aromatic rings. The van der Waals surface area contributed by atoms with Gasteiger partial charge in [-0.3, -0.25) is 9.69 Å². The summed E-state index contributed by atoms with van der Waals surface area (Å²) >= 11 is 0. The maximum absolute atomic E-state index is 11.4. The van der Waals surface area contributed by atoms with Gasteiger partial charge in [-0.05, 0) is 32.7 Å². The van der Waals surface area contributed by atoms with Crippen LogP contribution in [0.5, 0.6) is 0 Å². The summed E-state index contributed by atoms with van der Waals surface area (Å²) in [5, 5.41) is 9.39. The Morgan fingerprint density at radius 3 is 2.29 bits per heavy atom. The molecule has 0 bridgehead atoms. The molecule has 14 heavy (non-hydrogen) atoms. The highest BCUT2D eigenvalue weighted by Crippen LogP contribution is 2.39. The van der Waals surface area contributed by atoms with Gasteiger partial charge in [-0.25, -0.2) is 0 Å². The lowest BCUT2D eigenvalue weighted by atomic mass is 9.80. The Hall–Kier alpha value is -0.570. The van der Waals surface area contributed by atoms with E-state index in [9.17, 15) is 9.90 Å². The number of carboxylic acids is 1. The van der Waals surface area contributed by atoms with Crippen molar-refractivity contribution in [1.29, 1.82) is 0 Å². The van der Waals surface area contributed by atoms with Gasteiger partial charge in [-0.15, -0.1) is 0 Å². The largest absolute Gasteiger partial charge is 0.480 e. The monoisotopic (exact) mass is 197 g/mol. The van der Waals surface area contributed by atoms with Crippen LogP contribution in [0.4, 0.5) is 0 Å². The minimum Gasteiger partial charge on any atom is -0.480 e. The fourth-order valence-electron chi connectivity index (χ4n) is 2.67. The van der Waals surface area contributed by atoms with Crippen LogP contribution in [0.25, 0.3) is 0 Å². The fourth-order valence-corrected chi connectivity index (χ4v) is 2.67. The Bertz CT molecular complexity index is 229. The third-order valence-corrected chi connectivity index (χ3v) is 3.85. The van der Waals surface area contributed by atoms with Crippen LogP contribution in [0.3, 0.4) is 0 Å². The van der Waals surface area contributed by atoms with Gasteiger partial charge >= 0.3 is 5.97 Å². The van der Waals surface area contributed by atoms with Crippen LogP contribution in [-0.2, 0) is 4.79 Å². The summed E-state index contributed by atoms with van der Waals surface area (Å²) in [6.07, 6.45) is 7.40. The molecule has 0 aromatic heterocycles. The Balaban J connectivity index is 2.14. The van der Waals surface area contributed by atoms with Gasteiger partial charge in [0.15, 0.2) is 0 Å². The van der Waals surface area contributed by atoms with Crippen molar-refractivity contribution in [2.45, 2.75) is 56.5 Å². The molecule has 0 atom stereocenters. The third-order valence-electron chi connectivity index (χ3n) is 3.85. The Morgan fingerprint density at radius 1 is 1.29 bits per heavy atom. The van der Waals surface area contributed by atoms with Crippen molar-refractivity contribution < 1.29 is 9.90 Å². The van der Waals surface area contributed by atoms with E-state index < -0.39 is 11.5 Å². The highest BCUT2D eigenvalue weighted by molar-refractivity contribution is 5.79. The van der Waals surface area contributed by atoms with Crippen molar-refractivity contribution in [3.63, 3.8) is 0 Å². The number of carboxylic acid groups (broad SMARTS) is 1. The molecular weight excluding hydrogens is 178 g/mol. The molecule has 0 radical (unpaired) electrons. The first kappa shape index (κ1) is 9.97. The highest BCUT2D eigenvalue weighted by Gasteiger charge is 2.47. The first-order valence-electron chi connectivity index (χ1n) is 5.63. The van der Waals surface area contributed by atoms with Gasteiger partial charge in [-0.2, -0.15) is 0 Å². The summed E-state index contributed by atoms with van der Waals surface area (Å²) in [5.74, 6) is -0.605. The van der Waals surface area contributed by atoms with E-state index >= 15 is 0 Å². The van der Waals surface area contributed by atoms with E-state index in [0.717, 1.165) is 25.7 Å². The minimum absolute atomic E-state index is 0.528. The lowest BCUT2D eigenvalue weighted by Crippen LogP contribution is -2.54. The topological polar surface area (TPSA) is 40.5 Å². The predicted molar refractivity (Wildman–Crippen MR) is 54.2 cm³/mol. The van der Waals surface area contributed by atoms with Gasteiger partial charge in [0, 0.05) is 6.04 Å². The smallest absolute Gasteiger partial charge is 0.324 e. The molecule has 3 heteroatoms. The summed E-state index contributed by atoms with van der Waals surface area (Å²) in [5.41, 5.74) is -0.528. The highest BCUT2D eigenvalue weighted by atomic mass is 16.4. The maximum atomic E-state index is 11.4. The molecule has 0 saturated heterocycles. The van der Waals surface area contributed by atoms with Crippen molar-refractivity contribution >= 4 is 5.97 Å². The van der Waals surface area contributed by atoms with Crippen LogP contribution < -0.4 is 0 Å². The molecule has 80 valence electrons. The van der Waals surface area contributed by atoms with E-state index in [1.54, 1.807) is 0 Å². The normalized spacial score (nSPS) is 26.4. The van der Waals surface area contributed by atoms with Crippen LogP contribution in [0.15, 0.2) is 0 Å². The molecule has 0 spiro atoms. The van der Waals surface area contributed by atoms with Gasteiger partial charge in [0.2, 0.25) is 0 Å². The Morgan fingerprint density at radius 2 is 1.86 bits per heavy atom. The van der Waals surface area contributed by atoms with E-state index in [1.807, 2.05) is 7.05 Å². The Labute approximate surface area is 85.1 Å². The van der Waals surface area contributed by atoms with E-state index in [2.05, 4.69) is 4.90 Å². The molecule has 2 fully saturated rings. The molecule has 2 rings (SSSR count). The average Bonchev–Trinajstić information content (AvgIpc) is 3.01. The molecule has 0 aliphatic heterocycles. The van der Waals surface area contributed by atoms with E-state index in [-0.39, 0.29) is 0 Å². The predicted octanol–water partition coefficient (Wildman–Crippen LogP) is 1.87. The number of hydrogen-bond donors (Lipinski definition) is 1. The number of carbonyl (C=O) groups is 1. The number of aliphatic carboxylic acids is 1. The summed E-state index contributed by atoms with van der Waals surface area (Å²) in [4.78, 5) is 13.5. The second kappa shape index (κ2) is 3.54.